The van der Waals surface area contributed by atoms with Gasteiger partial charge >= 0.3 is 0 Å². The number of nitrogens with one attached hydrogen (secondary N) is 1. The molecule has 1 amide bonds. The molecule has 106 valence electrons. The van der Waals surface area contributed by atoms with Gasteiger partial charge in [-0.25, -0.2) is 4.98 Å². The standard InChI is InChI=1S/C14H23N3OS/c1-9-8-19-14(16-9)10(2)17-13(18)12-5-3-11(7-15)4-6-12/h8,10-12H,3-7,15H2,1-2H3,(H,17,18). The van der Waals surface area contributed by atoms with Gasteiger partial charge < -0.3 is 11.1 Å². The molecular formula is C14H23N3OS. The average molecular weight is 281 g/mol. The van der Waals surface area contributed by atoms with Gasteiger partial charge in [-0.2, -0.15) is 0 Å². The minimum Gasteiger partial charge on any atom is -0.347 e. The van der Waals surface area contributed by atoms with Gasteiger partial charge in [-0.15, -0.1) is 11.3 Å². The zero-order valence-corrected chi connectivity index (χ0v) is 12.5. The molecule has 1 atom stereocenters. The number of carbonyl (C=O) groups is 1. The third kappa shape index (κ3) is 3.76. The third-order valence-electron chi connectivity index (χ3n) is 3.92. The first-order valence-electron chi connectivity index (χ1n) is 7.02. The Kier molecular flexibility index (Phi) is 4.93. The Balaban J connectivity index is 1.84. The van der Waals surface area contributed by atoms with Crippen molar-refractivity contribution in [2.24, 2.45) is 17.6 Å². The summed E-state index contributed by atoms with van der Waals surface area (Å²) in [6, 6.07) is 0.0124. The number of aromatic nitrogens is 1. The van der Waals surface area contributed by atoms with Crippen molar-refractivity contribution in [1.82, 2.24) is 10.3 Å². The van der Waals surface area contributed by atoms with Crippen LogP contribution in [-0.4, -0.2) is 17.4 Å². The van der Waals surface area contributed by atoms with Gasteiger partial charge in [-0.3, -0.25) is 4.79 Å². The van der Waals surface area contributed by atoms with E-state index in [9.17, 15) is 4.79 Å². The van der Waals surface area contributed by atoms with E-state index >= 15 is 0 Å². The second-order valence-corrected chi connectivity index (χ2v) is 6.40. The summed E-state index contributed by atoms with van der Waals surface area (Å²) in [6.07, 6.45) is 4.10. The molecule has 1 heterocycles. The Labute approximate surface area is 118 Å². The second kappa shape index (κ2) is 6.48. The van der Waals surface area contributed by atoms with E-state index in [2.05, 4.69) is 10.3 Å². The first-order valence-corrected chi connectivity index (χ1v) is 7.90. The Morgan fingerprint density at radius 2 is 2.21 bits per heavy atom. The van der Waals surface area contributed by atoms with Crippen LogP contribution in [0.1, 0.15) is 49.4 Å². The van der Waals surface area contributed by atoms with Crippen LogP contribution in [0.4, 0.5) is 0 Å². The molecule has 1 fully saturated rings. The number of aryl methyl sites for hydroxylation is 1. The zero-order valence-electron chi connectivity index (χ0n) is 11.7. The maximum atomic E-state index is 12.2. The molecule has 1 aliphatic rings. The Morgan fingerprint density at radius 3 is 2.74 bits per heavy atom. The van der Waals surface area contributed by atoms with Crippen LogP contribution in [0.15, 0.2) is 5.38 Å². The van der Waals surface area contributed by atoms with Crippen molar-refractivity contribution in [2.45, 2.75) is 45.6 Å². The second-order valence-electron chi connectivity index (χ2n) is 5.51. The van der Waals surface area contributed by atoms with Crippen LogP contribution in [0.25, 0.3) is 0 Å². The quantitative estimate of drug-likeness (QED) is 0.890. The molecule has 1 aromatic heterocycles. The van der Waals surface area contributed by atoms with Crippen LogP contribution in [-0.2, 0) is 4.79 Å². The monoisotopic (exact) mass is 281 g/mol. The smallest absolute Gasteiger partial charge is 0.223 e. The maximum absolute atomic E-state index is 12.2. The number of nitrogens with zero attached hydrogens (tertiary/aromatic N) is 1. The van der Waals surface area contributed by atoms with Gasteiger partial charge in [-0.1, -0.05) is 0 Å². The Bertz CT molecular complexity index is 424. The van der Waals surface area contributed by atoms with E-state index in [-0.39, 0.29) is 17.9 Å². The van der Waals surface area contributed by atoms with E-state index in [1.165, 1.54) is 0 Å². The summed E-state index contributed by atoms with van der Waals surface area (Å²) >= 11 is 1.61. The number of carbonyl (C=O) groups excluding carboxylic acids is 1. The largest absolute Gasteiger partial charge is 0.347 e. The lowest BCUT2D eigenvalue weighted by molar-refractivity contribution is -0.126. The molecule has 4 nitrogen and oxygen atoms in total. The van der Waals surface area contributed by atoms with Crippen molar-refractivity contribution in [3.63, 3.8) is 0 Å². The molecular weight excluding hydrogens is 258 g/mol. The van der Waals surface area contributed by atoms with Crippen molar-refractivity contribution in [2.75, 3.05) is 6.54 Å². The lowest BCUT2D eigenvalue weighted by Gasteiger charge is -2.27. The van der Waals surface area contributed by atoms with E-state index in [1.54, 1.807) is 11.3 Å². The van der Waals surface area contributed by atoms with Gasteiger partial charge in [0.25, 0.3) is 0 Å². The predicted octanol–water partition coefficient (Wildman–Crippen LogP) is 2.39. The first kappa shape index (κ1) is 14.5. The Morgan fingerprint density at radius 1 is 1.53 bits per heavy atom. The number of hydrogen-bond acceptors (Lipinski definition) is 4. The van der Waals surface area contributed by atoms with E-state index in [1.807, 2.05) is 19.2 Å². The van der Waals surface area contributed by atoms with E-state index in [0.29, 0.717) is 5.92 Å². The molecule has 2 rings (SSSR count). The van der Waals surface area contributed by atoms with Crippen LogP contribution in [0, 0.1) is 18.8 Å². The van der Waals surface area contributed by atoms with Crippen molar-refractivity contribution < 1.29 is 4.79 Å². The van der Waals surface area contributed by atoms with Gasteiger partial charge in [0.05, 0.1) is 6.04 Å². The van der Waals surface area contributed by atoms with Crippen molar-refractivity contribution >= 4 is 17.2 Å². The molecule has 1 aromatic rings. The normalized spacial score (nSPS) is 25.0. The molecule has 0 radical (unpaired) electrons. The van der Waals surface area contributed by atoms with E-state index in [4.69, 9.17) is 5.73 Å². The number of hydrogen-bond donors (Lipinski definition) is 2. The van der Waals surface area contributed by atoms with Crippen LogP contribution in [0.5, 0.6) is 0 Å². The summed E-state index contributed by atoms with van der Waals surface area (Å²) in [7, 11) is 0. The fourth-order valence-electron chi connectivity index (χ4n) is 2.62. The van der Waals surface area contributed by atoms with Crippen LogP contribution < -0.4 is 11.1 Å². The molecule has 0 aromatic carbocycles. The van der Waals surface area contributed by atoms with Crippen molar-refractivity contribution in [1.29, 1.82) is 0 Å². The molecule has 1 saturated carbocycles. The van der Waals surface area contributed by atoms with Crippen LogP contribution >= 0.6 is 11.3 Å². The molecule has 19 heavy (non-hydrogen) atoms. The minimum atomic E-state index is 0.0124. The fourth-order valence-corrected chi connectivity index (χ4v) is 3.43. The van der Waals surface area contributed by atoms with E-state index in [0.717, 1.165) is 42.9 Å². The van der Waals surface area contributed by atoms with Crippen LogP contribution in [0.2, 0.25) is 0 Å². The summed E-state index contributed by atoms with van der Waals surface area (Å²) in [5.74, 6) is 0.949. The third-order valence-corrected chi connectivity index (χ3v) is 5.06. The highest BCUT2D eigenvalue weighted by molar-refractivity contribution is 7.09. The highest BCUT2D eigenvalue weighted by atomic mass is 32.1. The highest BCUT2D eigenvalue weighted by Gasteiger charge is 2.26. The number of rotatable bonds is 4. The topological polar surface area (TPSA) is 68.0 Å². The molecule has 5 heteroatoms. The minimum absolute atomic E-state index is 0.0124. The predicted molar refractivity (Wildman–Crippen MR) is 77.9 cm³/mol. The number of thiazole rings is 1. The molecule has 0 bridgehead atoms. The molecule has 1 unspecified atom stereocenters. The van der Waals surface area contributed by atoms with Crippen LogP contribution in [0.3, 0.4) is 0 Å². The number of amides is 1. The fraction of sp³-hybridized carbons (Fsp3) is 0.714. The van der Waals surface area contributed by atoms with Gasteiger partial charge in [0, 0.05) is 17.0 Å². The van der Waals surface area contributed by atoms with Gasteiger partial charge in [0.15, 0.2) is 0 Å². The SMILES string of the molecule is Cc1csc(C(C)NC(=O)C2CCC(CN)CC2)n1. The number of nitrogens with two attached hydrogens (primary N) is 1. The molecule has 3 N–H and O–H groups in total. The summed E-state index contributed by atoms with van der Waals surface area (Å²) < 4.78 is 0. The zero-order chi connectivity index (χ0) is 13.8. The van der Waals surface area contributed by atoms with Crippen molar-refractivity contribution in [3.05, 3.63) is 16.1 Å². The summed E-state index contributed by atoms with van der Waals surface area (Å²) in [5, 5.41) is 6.10. The molecule has 0 spiro atoms. The maximum Gasteiger partial charge on any atom is 0.223 e. The lowest BCUT2D eigenvalue weighted by Crippen LogP contribution is -2.35. The summed E-state index contributed by atoms with van der Waals surface area (Å²) in [4.78, 5) is 16.6. The summed E-state index contributed by atoms with van der Waals surface area (Å²) in [6.45, 7) is 4.73. The van der Waals surface area contributed by atoms with Gasteiger partial charge in [0.2, 0.25) is 5.91 Å². The average Bonchev–Trinajstić information content (AvgIpc) is 2.85. The highest BCUT2D eigenvalue weighted by Crippen LogP contribution is 2.29. The molecule has 0 aliphatic heterocycles. The van der Waals surface area contributed by atoms with Gasteiger partial charge in [-0.05, 0) is 52.0 Å². The molecule has 0 saturated heterocycles. The first-order chi connectivity index (χ1) is 9.10. The molecule has 1 aliphatic carbocycles. The van der Waals surface area contributed by atoms with Gasteiger partial charge in [0.1, 0.15) is 5.01 Å². The lowest BCUT2D eigenvalue weighted by atomic mass is 9.81. The Hall–Kier alpha value is -0.940. The van der Waals surface area contributed by atoms with E-state index < -0.39 is 0 Å². The van der Waals surface area contributed by atoms with Crippen molar-refractivity contribution in [3.8, 4) is 0 Å². The summed E-state index contributed by atoms with van der Waals surface area (Å²) in [5.41, 5.74) is 6.69.